The van der Waals surface area contributed by atoms with Crippen molar-refractivity contribution >= 4 is 11.8 Å². The van der Waals surface area contributed by atoms with Gasteiger partial charge in [-0.15, -0.1) is 18.3 Å². The molecule has 0 aliphatic heterocycles. The van der Waals surface area contributed by atoms with Crippen LogP contribution < -0.4 is 0 Å². The predicted molar refractivity (Wildman–Crippen MR) is 32.6 cm³/mol. The maximum Gasteiger partial charge on any atom is 0.117 e. The Hall–Kier alpha value is -0.420. The highest BCUT2D eigenvalue weighted by Gasteiger charge is 1.77. The summed E-state index contributed by atoms with van der Waals surface area (Å²) in [6.07, 6.45) is 1.76. The summed E-state index contributed by atoms with van der Waals surface area (Å²) in [4.78, 5) is 0. The number of hydrogen-bond donors (Lipinski definition) is 0. The summed E-state index contributed by atoms with van der Waals surface area (Å²) in [5, 5.41) is 7.93. The second-order valence-electron chi connectivity index (χ2n) is 0.869. The molecule has 0 spiro atoms. The van der Waals surface area contributed by atoms with E-state index in [4.69, 9.17) is 5.26 Å². The fourth-order valence-electron chi connectivity index (χ4n) is 0.153. The van der Waals surface area contributed by atoms with Crippen LogP contribution in [0.5, 0.6) is 0 Å². The van der Waals surface area contributed by atoms with E-state index in [1.165, 1.54) is 17.5 Å². The minimum atomic E-state index is 0.827. The lowest BCUT2D eigenvalue weighted by atomic mass is 10.8. The molecule has 0 atom stereocenters. The van der Waals surface area contributed by atoms with Gasteiger partial charge in [0.1, 0.15) is 5.75 Å². The molecule has 0 amide bonds. The van der Waals surface area contributed by atoms with Crippen molar-refractivity contribution in [3.63, 3.8) is 0 Å². The quantitative estimate of drug-likeness (QED) is 0.409. The van der Waals surface area contributed by atoms with E-state index >= 15 is 0 Å². The highest BCUT2D eigenvalue weighted by atomic mass is 32.2. The van der Waals surface area contributed by atoms with Gasteiger partial charge in [0.15, 0.2) is 0 Å². The van der Waals surface area contributed by atoms with E-state index in [-0.39, 0.29) is 0 Å². The number of rotatable bonds is 3. The molecule has 0 unspecified atom stereocenters. The largest absolute Gasteiger partial charge is 0.197 e. The molecule has 0 aliphatic rings. The van der Waals surface area contributed by atoms with Crippen LogP contribution in [0.1, 0.15) is 0 Å². The summed E-state index contributed by atoms with van der Waals surface area (Å²) in [7, 11) is 0. The molecule has 0 fully saturated rings. The molecule has 0 heterocycles. The second kappa shape index (κ2) is 5.58. The molecule has 1 radical (unpaired) electrons. The third-order valence-corrected chi connectivity index (χ3v) is 1.05. The maximum absolute atomic E-state index is 7.93. The first-order valence-electron chi connectivity index (χ1n) is 1.85. The Morgan fingerprint density at radius 2 is 2.57 bits per heavy atom. The highest BCUT2D eigenvalue weighted by Crippen LogP contribution is 2.01. The first-order valence-corrected chi connectivity index (χ1v) is 2.90. The van der Waals surface area contributed by atoms with Crippen molar-refractivity contribution in [2.45, 2.75) is 0 Å². The van der Waals surface area contributed by atoms with Crippen molar-refractivity contribution in [2.75, 3.05) is 5.75 Å². The minimum absolute atomic E-state index is 0.827. The van der Waals surface area contributed by atoms with Crippen molar-refractivity contribution in [1.82, 2.24) is 0 Å². The molecule has 37 valence electrons. The molecule has 0 saturated heterocycles. The van der Waals surface area contributed by atoms with Gasteiger partial charge in [-0.1, -0.05) is 6.08 Å². The minimum Gasteiger partial charge on any atom is -0.197 e. The monoisotopic (exact) mass is 112 g/mol. The van der Waals surface area contributed by atoms with Crippen LogP contribution in [0.2, 0.25) is 0 Å². The van der Waals surface area contributed by atoms with Crippen LogP contribution in [0.15, 0.2) is 12.7 Å². The molecule has 0 aliphatic carbocycles. The Morgan fingerprint density at radius 1 is 1.86 bits per heavy atom. The average Bonchev–Trinajstić information content (AvgIpc) is 1.69. The Labute approximate surface area is 48.0 Å². The first-order chi connectivity index (χ1) is 3.41. The SMILES string of the molecule is C=CCS[CH]C#N. The summed E-state index contributed by atoms with van der Waals surface area (Å²) < 4.78 is 0. The van der Waals surface area contributed by atoms with Crippen LogP contribution in [-0.2, 0) is 0 Å². The normalized spacial score (nSPS) is 7.29. The highest BCUT2D eigenvalue weighted by molar-refractivity contribution is 8.01. The van der Waals surface area contributed by atoms with E-state index in [0.717, 1.165) is 5.75 Å². The molecule has 0 aromatic carbocycles. The number of nitriles is 1. The Balaban J connectivity index is 2.72. The number of hydrogen-bond acceptors (Lipinski definition) is 2. The molecule has 0 bridgehead atoms. The summed E-state index contributed by atoms with van der Waals surface area (Å²) in [5.41, 5.74) is 0. The van der Waals surface area contributed by atoms with Crippen molar-refractivity contribution < 1.29 is 0 Å². The van der Waals surface area contributed by atoms with E-state index in [0.29, 0.717) is 0 Å². The molecular formula is C5H6NS. The van der Waals surface area contributed by atoms with Crippen molar-refractivity contribution in [1.29, 1.82) is 5.26 Å². The van der Waals surface area contributed by atoms with Gasteiger partial charge in [0.25, 0.3) is 0 Å². The van der Waals surface area contributed by atoms with Gasteiger partial charge >= 0.3 is 0 Å². The average molecular weight is 112 g/mol. The molecule has 0 aromatic heterocycles. The van der Waals surface area contributed by atoms with Crippen LogP contribution in [0, 0.1) is 17.1 Å². The lowest BCUT2D eigenvalue weighted by Crippen LogP contribution is -1.63. The van der Waals surface area contributed by atoms with E-state index in [1.54, 1.807) is 6.08 Å². The molecule has 2 heteroatoms. The summed E-state index contributed by atoms with van der Waals surface area (Å²) >= 11 is 1.45. The van der Waals surface area contributed by atoms with Gasteiger partial charge < -0.3 is 0 Å². The summed E-state index contributed by atoms with van der Waals surface area (Å²) in [5.74, 6) is 2.31. The topological polar surface area (TPSA) is 23.8 Å². The molecule has 1 nitrogen and oxygen atoms in total. The lowest BCUT2D eigenvalue weighted by molar-refractivity contribution is 1.53. The second-order valence-corrected chi connectivity index (χ2v) is 1.77. The lowest BCUT2D eigenvalue weighted by Gasteiger charge is -1.80. The molecule has 0 aromatic rings. The van der Waals surface area contributed by atoms with Crippen molar-refractivity contribution in [3.05, 3.63) is 18.4 Å². The molecule has 0 saturated carbocycles. The van der Waals surface area contributed by atoms with Crippen LogP contribution in [0.25, 0.3) is 0 Å². The third-order valence-electron chi connectivity index (χ3n) is 0.350. The summed E-state index contributed by atoms with van der Waals surface area (Å²) in [6.45, 7) is 3.48. The zero-order chi connectivity index (χ0) is 5.54. The molecule has 0 rings (SSSR count). The van der Waals surface area contributed by atoms with Crippen LogP contribution in [0.3, 0.4) is 0 Å². The first kappa shape index (κ1) is 6.58. The van der Waals surface area contributed by atoms with Gasteiger partial charge in [0.2, 0.25) is 0 Å². The van der Waals surface area contributed by atoms with Crippen molar-refractivity contribution in [2.24, 2.45) is 0 Å². The van der Waals surface area contributed by atoms with Crippen LogP contribution in [-0.4, -0.2) is 5.75 Å². The van der Waals surface area contributed by atoms with Crippen LogP contribution in [0.4, 0.5) is 0 Å². The summed E-state index contributed by atoms with van der Waals surface area (Å²) in [6, 6.07) is 1.89. The van der Waals surface area contributed by atoms with Gasteiger partial charge in [-0.3, -0.25) is 0 Å². The predicted octanol–water partition coefficient (Wildman–Crippen LogP) is 1.59. The molecule has 0 N–H and O–H groups in total. The van der Waals surface area contributed by atoms with Gasteiger partial charge in [-0.25, -0.2) is 0 Å². The fraction of sp³-hybridized carbons (Fsp3) is 0.200. The van der Waals surface area contributed by atoms with Gasteiger partial charge in [-0.05, 0) is 0 Å². The Kier molecular flexibility index (Phi) is 5.25. The Bertz CT molecular complexity index is 82.6. The van der Waals surface area contributed by atoms with Gasteiger partial charge in [0, 0.05) is 5.75 Å². The van der Waals surface area contributed by atoms with E-state index in [2.05, 4.69) is 6.58 Å². The fourth-order valence-corrected chi connectivity index (χ4v) is 0.460. The van der Waals surface area contributed by atoms with E-state index < -0.39 is 0 Å². The van der Waals surface area contributed by atoms with E-state index in [9.17, 15) is 0 Å². The standard InChI is InChI=1S/C5H6NS/c1-2-4-7-5-3-6/h2,5H,1,4H2. The van der Waals surface area contributed by atoms with Crippen LogP contribution >= 0.6 is 11.8 Å². The smallest absolute Gasteiger partial charge is 0.117 e. The third kappa shape index (κ3) is 5.58. The van der Waals surface area contributed by atoms with Gasteiger partial charge in [0.05, 0.1) is 6.07 Å². The molecule has 7 heavy (non-hydrogen) atoms. The number of thioether (sulfide) groups is 1. The zero-order valence-corrected chi connectivity index (χ0v) is 4.74. The van der Waals surface area contributed by atoms with E-state index in [1.807, 2.05) is 6.07 Å². The Morgan fingerprint density at radius 3 is 3.00 bits per heavy atom. The van der Waals surface area contributed by atoms with Crippen molar-refractivity contribution in [3.8, 4) is 6.07 Å². The molecular weight excluding hydrogens is 106 g/mol. The number of nitrogens with zero attached hydrogens (tertiary/aromatic N) is 1. The zero-order valence-electron chi connectivity index (χ0n) is 3.92. The van der Waals surface area contributed by atoms with Gasteiger partial charge in [-0.2, -0.15) is 5.26 Å². The maximum atomic E-state index is 7.93.